The van der Waals surface area contributed by atoms with Crippen LogP contribution in [0.1, 0.15) is 26.2 Å². The first-order valence-corrected chi connectivity index (χ1v) is 8.54. The Labute approximate surface area is 125 Å². The summed E-state index contributed by atoms with van der Waals surface area (Å²) in [5, 5.41) is 2.99. The van der Waals surface area contributed by atoms with Crippen LogP contribution < -0.4 is 5.32 Å². The Bertz CT molecular complexity index is 475. The van der Waals surface area contributed by atoms with Gasteiger partial charge < -0.3 is 5.32 Å². The van der Waals surface area contributed by atoms with Gasteiger partial charge in [-0.25, -0.2) is 8.42 Å². The van der Waals surface area contributed by atoms with Crippen LogP contribution in [0.3, 0.4) is 0 Å². The van der Waals surface area contributed by atoms with E-state index in [-0.39, 0.29) is 11.4 Å². The van der Waals surface area contributed by atoms with Crippen LogP contribution in [0.4, 0.5) is 0 Å². The van der Waals surface area contributed by atoms with E-state index in [0.29, 0.717) is 6.54 Å². The van der Waals surface area contributed by atoms with E-state index in [1.165, 1.54) is 12.1 Å². The number of sulfone groups is 1. The molecule has 0 saturated heterocycles. The number of rotatable bonds is 8. The highest BCUT2D eigenvalue weighted by Gasteiger charge is 2.40. The van der Waals surface area contributed by atoms with E-state index in [0.717, 1.165) is 19.3 Å². The van der Waals surface area contributed by atoms with E-state index in [1.807, 2.05) is 0 Å². The maximum atomic E-state index is 12.3. The topological polar surface area (TPSA) is 46.2 Å². The van der Waals surface area contributed by atoms with Crippen LogP contribution in [0.2, 0.25) is 0 Å². The van der Waals surface area contributed by atoms with E-state index in [1.54, 1.807) is 18.2 Å². The molecule has 3 nitrogen and oxygen atoms in total. The third kappa shape index (κ3) is 4.63. The van der Waals surface area contributed by atoms with Crippen LogP contribution in [0, 0.1) is 0 Å². The Hall–Kier alpha value is -0.290. The third-order valence-corrected chi connectivity index (χ3v) is 6.04. The second-order valence-electron chi connectivity index (χ2n) is 4.34. The van der Waals surface area contributed by atoms with Crippen LogP contribution in [-0.4, -0.2) is 25.2 Å². The van der Waals surface area contributed by atoms with E-state index >= 15 is 0 Å². The Kier molecular flexibility index (Phi) is 6.60. The van der Waals surface area contributed by atoms with Gasteiger partial charge >= 0.3 is 0 Å². The van der Waals surface area contributed by atoms with Crippen LogP contribution in [0.25, 0.3) is 0 Å². The molecule has 0 fully saturated rings. The quantitative estimate of drug-likeness (QED) is 0.589. The number of unbranched alkanes of at least 4 members (excludes halogenated alkanes) is 2. The summed E-state index contributed by atoms with van der Waals surface area (Å²) in [6.07, 6.45) is 3.18. The summed E-state index contributed by atoms with van der Waals surface area (Å²) in [6.45, 7) is 2.82. The molecule has 0 bridgehead atoms. The van der Waals surface area contributed by atoms with Crippen LogP contribution in [0.5, 0.6) is 0 Å². The molecule has 1 aromatic rings. The number of alkyl halides is 2. The summed E-state index contributed by atoms with van der Waals surface area (Å²) in [6, 6.07) is 8.01. The molecule has 0 amide bonds. The molecule has 0 saturated carbocycles. The molecule has 0 atom stereocenters. The predicted molar refractivity (Wildman–Crippen MR) is 80.5 cm³/mol. The van der Waals surface area contributed by atoms with E-state index < -0.39 is 13.5 Å². The van der Waals surface area contributed by atoms with Gasteiger partial charge in [0.2, 0.25) is 13.5 Å². The summed E-state index contributed by atoms with van der Waals surface area (Å²) in [5.74, 6) is 0. The second kappa shape index (κ2) is 7.48. The van der Waals surface area contributed by atoms with Gasteiger partial charge in [-0.2, -0.15) is 0 Å². The fourth-order valence-corrected chi connectivity index (χ4v) is 3.48. The summed E-state index contributed by atoms with van der Waals surface area (Å²) in [7, 11) is -3.76. The van der Waals surface area contributed by atoms with Gasteiger partial charge in [-0.15, -0.1) is 0 Å². The standard InChI is InChI=1S/C13H19Cl2NO2S/c1-2-3-7-10-16-11-13(14,15)19(17,18)12-8-5-4-6-9-12/h4-6,8-9,16H,2-3,7,10-11H2,1H3. The largest absolute Gasteiger partial charge is 0.313 e. The Morgan fingerprint density at radius 3 is 2.37 bits per heavy atom. The highest BCUT2D eigenvalue weighted by Crippen LogP contribution is 2.33. The van der Waals surface area contributed by atoms with E-state index in [9.17, 15) is 8.42 Å². The minimum atomic E-state index is -3.76. The molecule has 0 radical (unpaired) electrons. The van der Waals surface area contributed by atoms with Crippen molar-refractivity contribution in [3.05, 3.63) is 30.3 Å². The van der Waals surface area contributed by atoms with E-state index in [2.05, 4.69) is 12.2 Å². The normalized spacial score (nSPS) is 12.6. The molecule has 0 spiro atoms. The molecule has 0 aromatic heterocycles. The number of halogens is 2. The lowest BCUT2D eigenvalue weighted by Crippen LogP contribution is -2.38. The average molecular weight is 324 g/mol. The van der Waals surface area contributed by atoms with Gasteiger partial charge in [0.15, 0.2) is 0 Å². The lowest BCUT2D eigenvalue weighted by molar-refractivity contribution is 0.572. The van der Waals surface area contributed by atoms with Crippen molar-refractivity contribution in [1.29, 1.82) is 0 Å². The molecule has 0 unspecified atom stereocenters. The molecular formula is C13H19Cl2NO2S. The molecule has 0 aliphatic heterocycles. The first kappa shape index (κ1) is 16.8. The summed E-state index contributed by atoms with van der Waals surface area (Å²) in [5.41, 5.74) is 0. The van der Waals surface area contributed by atoms with Gasteiger partial charge in [-0.3, -0.25) is 0 Å². The molecule has 108 valence electrons. The predicted octanol–water partition coefficient (Wildman–Crippen LogP) is 3.37. The van der Waals surface area contributed by atoms with Gasteiger partial charge in [0.05, 0.1) is 4.90 Å². The van der Waals surface area contributed by atoms with Crippen molar-refractivity contribution in [3.63, 3.8) is 0 Å². The third-order valence-electron chi connectivity index (χ3n) is 2.73. The SMILES string of the molecule is CCCCCNCC(Cl)(Cl)S(=O)(=O)c1ccccc1. The van der Waals surface area contributed by atoms with Crippen LogP contribution >= 0.6 is 23.2 Å². The Balaban J connectivity index is 2.66. The van der Waals surface area contributed by atoms with Crippen molar-refractivity contribution in [3.8, 4) is 0 Å². The highest BCUT2D eigenvalue weighted by molar-refractivity contribution is 7.95. The molecule has 1 rings (SSSR count). The van der Waals surface area contributed by atoms with Crippen LogP contribution in [-0.2, 0) is 9.84 Å². The first-order valence-electron chi connectivity index (χ1n) is 6.30. The van der Waals surface area contributed by atoms with Crippen molar-refractivity contribution in [2.75, 3.05) is 13.1 Å². The zero-order chi connectivity index (χ0) is 14.4. The lowest BCUT2D eigenvalue weighted by atomic mass is 10.2. The molecule has 1 N–H and O–H groups in total. The van der Waals surface area contributed by atoms with Crippen molar-refractivity contribution in [2.24, 2.45) is 0 Å². The van der Waals surface area contributed by atoms with Crippen molar-refractivity contribution < 1.29 is 8.42 Å². The zero-order valence-electron chi connectivity index (χ0n) is 10.9. The summed E-state index contributed by atoms with van der Waals surface area (Å²) >= 11 is 12.0. The fourth-order valence-electron chi connectivity index (χ4n) is 1.60. The van der Waals surface area contributed by atoms with Crippen LogP contribution in [0.15, 0.2) is 35.2 Å². The second-order valence-corrected chi connectivity index (χ2v) is 8.45. The number of nitrogens with one attached hydrogen (secondary N) is 1. The number of hydrogen-bond acceptors (Lipinski definition) is 3. The maximum Gasteiger partial charge on any atom is 0.234 e. The van der Waals surface area contributed by atoms with Gasteiger partial charge in [0.1, 0.15) is 0 Å². The zero-order valence-corrected chi connectivity index (χ0v) is 13.2. The molecule has 0 aliphatic carbocycles. The minimum absolute atomic E-state index is 0.0110. The summed E-state index contributed by atoms with van der Waals surface area (Å²) in [4.78, 5) is 0.135. The number of hydrogen-bond donors (Lipinski definition) is 1. The average Bonchev–Trinajstić information content (AvgIpc) is 2.39. The molecule has 6 heteroatoms. The smallest absolute Gasteiger partial charge is 0.234 e. The maximum absolute atomic E-state index is 12.3. The van der Waals surface area contributed by atoms with Gasteiger partial charge in [-0.1, -0.05) is 61.2 Å². The van der Waals surface area contributed by atoms with Gasteiger partial charge in [0.25, 0.3) is 0 Å². The molecule has 19 heavy (non-hydrogen) atoms. The minimum Gasteiger partial charge on any atom is -0.313 e. The Morgan fingerprint density at radius 2 is 1.79 bits per heavy atom. The molecule has 0 heterocycles. The van der Waals surface area contributed by atoms with Gasteiger partial charge in [-0.05, 0) is 25.1 Å². The monoisotopic (exact) mass is 323 g/mol. The molecule has 0 aliphatic rings. The highest BCUT2D eigenvalue weighted by atomic mass is 35.5. The van der Waals surface area contributed by atoms with Crippen molar-refractivity contribution in [1.82, 2.24) is 5.32 Å². The van der Waals surface area contributed by atoms with Gasteiger partial charge in [0, 0.05) is 6.54 Å². The first-order chi connectivity index (χ1) is 8.92. The van der Waals surface area contributed by atoms with E-state index in [4.69, 9.17) is 23.2 Å². The molecular weight excluding hydrogens is 305 g/mol. The molecule has 1 aromatic carbocycles. The number of benzene rings is 1. The fraction of sp³-hybridized carbons (Fsp3) is 0.538. The van der Waals surface area contributed by atoms with Crippen molar-refractivity contribution >= 4 is 33.0 Å². The van der Waals surface area contributed by atoms with Crippen molar-refractivity contribution in [2.45, 2.75) is 34.7 Å². The lowest BCUT2D eigenvalue weighted by Gasteiger charge is -2.20. The Morgan fingerprint density at radius 1 is 1.16 bits per heavy atom. The summed E-state index contributed by atoms with van der Waals surface area (Å²) < 4.78 is 22.7.